The summed E-state index contributed by atoms with van der Waals surface area (Å²) in [5.41, 5.74) is 6.04. The van der Waals surface area contributed by atoms with Crippen LogP contribution in [-0.2, 0) is 6.42 Å². The lowest BCUT2D eigenvalue weighted by Crippen LogP contribution is -2.49. The Labute approximate surface area is 123 Å². The monoisotopic (exact) mass is 353 g/mol. The molecule has 0 radical (unpaired) electrons. The van der Waals surface area contributed by atoms with Crippen LogP contribution in [0.3, 0.4) is 0 Å². The number of hydrogen-bond donors (Lipinski definition) is 1. The molecule has 1 nitrogen and oxygen atoms in total. The Hall–Kier alpha value is -0.620. The lowest BCUT2D eigenvalue weighted by molar-refractivity contribution is -0.187. The lowest BCUT2D eigenvalue weighted by atomic mass is 9.73. The van der Waals surface area contributed by atoms with E-state index in [0.29, 0.717) is 23.7 Å². The van der Waals surface area contributed by atoms with Crippen LogP contribution < -0.4 is 5.73 Å². The third-order valence-corrected chi connectivity index (χ3v) is 4.64. The van der Waals surface area contributed by atoms with Gasteiger partial charge in [-0.15, -0.1) is 0 Å². The summed E-state index contributed by atoms with van der Waals surface area (Å²) < 4.78 is 52.1. The molecule has 112 valence electrons. The van der Waals surface area contributed by atoms with E-state index in [0.717, 1.165) is 5.56 Å². The van der Waals surface area contributed by atoms with Crippen molar-refractivity contribution in [3.63, 3.8) is 0 Å². The molecule has 0 aromatic heterocycles. The summed E-state index contributed by atoms with van der Waals surface area (Å²) >= 11 is 3.23. The molecule has 1 saturated carbocycles. The fraction of sp³-hybridized carbons (Fsp3) is 0.571. The van der Waals surface area contributed by atoms with Gasteiger partial charge >= 0.3 is 6.18 Å². The molecule has 2 N–H and O–H groups in total. The van der Waals surface area contributed by atoms with Crippen LogP contribution in [-0.4, -0.2) is 11.7 Å². The summed E-state index contributed by atoms with van der Waals surface area (Å²) in [7, 11) is 0. The van der Waals surface area contributed by atoms with Gasteiger partial charge in [-0.05, 0) is 43.4 Å². The van der Waals surface area contributed by atoms with E-state index in [2.05, 4.69) is 15.9 Å². The number of nitrogens with two attached hydrogens (primary N) is 1. The smallest absolute Gasteiger partial charge is 0.325 e. The highest BCUT2D eigenvalue weighted by molar-refractivity contribution is 9.10. The van der Waals surface area contributed by atoms with Gasteiger partial charge in [-0.2, -0.15) is 13.2 Å². The highest BCUT2D eigenvalue weighted by Crippen LogP contribution is 2.42. The topological polar surface area (TPSA) is 26.0 Å². The van der Waals surface area contributed by atoms with Gasteiger partial charge in [0, 0.05) is 10.0 Å². The maximum absolute atomic E-state index is 13.0. The summed E-state index contributed by atoms with van der Waals surface area (Å²) in [5.74, 6) is -1.72. The van der Waals surface area contributed by atoms with Crippen LogP contribution in [0.4, 0.5) is 17.6 Å². The van der Waals surface area contributed by atoms with Gasteiger partial charge in [-0.1, -0.05) is 28.4 Å². The van der Waals surface area contributed by atoms with Crippen molar-refractivity contribution in [1.82, 2.24) is 0 Å². The molecular formula is C14H16BrF4N. The minimum atomic E-state index is -4.19. The third kappa shape index (κ3) is 3.73. The van der Waals surface area contributed by atoms with Crippen LogP contribution in [0.15, 0.2) is 22.7 Å². The molecule has 0 bridgehead atoms. The lowest BCUT2D eigenvalue weighted by Gasteiger charge is -2.39. The molecule has 2 rings (SSSR count). The Balaban J connectivity index is 2.14. The van der Waals surface area contributed by atoms with Gasteiger partial charge in [0.2, 0.25) is 0 Å². The van der Waals surface area contributed by atoms with Gasteiger partial charge in [-0.3, -0.25) is 0 Å². The maximum atomic E-state index is 13.0. The number of halogens is 5. The Morgan fingerprint density at radius 2 is 2.05 bits per heavy atom. The second kappa shape index (κ2) is 5.64. The van der Waals surface area contributed by atoms with Gasteiger partial charge in [0.15, 0.2) is 0 Å². The minimum Gasteiger partial charge on any atom is -0.325 e. The molecule has 0 heterocycles. The van der Waals surface area contributed by atoms with Crippen LogP contribution >= 0.6 is 15.9 Å². The van der Waals surface area contributed by atoms with Gasteiger partial charge in [-0.25, -0.2) is 4.39 Å². The van der Waals surface area contributed by atoms with Crippen molar-refractivity contribution in [3.8, 4) is 0 Å². The second-order valence-corrected chi connectivity index (χ2v) is 6.46. The van der Waals surface area contributed by atoms with Crippen LogP contribution in [0.2, 0.25) is 0 Å². The Kier molecular flexibility index (Phi) is 4.44. The highest BCUT2D eigenvalue weighted by Gasteiger charge is 2.46. The molecule has 0 spiro atoms. The predicted octanol–water partition coefficient (Wildman–Crippen LogP) is 4.58. The molecule has 0 aliphatic heterocycles. The molecule has 1 aliphatic carbocycles. The molecule has 2 unspecified atom stereocenters. The van der Waals surface area contributed by atoms with Crippen molar-refractivity contribution in [3.05, 3.63) is 34.1 Å². The number of benzene rings is 1. The fourth-order valence-electron chi connectivity index (χ4n) is 2.88. The van der Waals surface area contributed by atoms with Crippen molar-refractivity contribution in [1.29, 1.82) is 0 Å². The van der Waals surface area contributed by atoms with Crippen LogP contribution in [0.25, 0.3) is 0 Å². The molecule has 0 saturated heterocycles. The van der Waals surface area contributed by atoms with E-state index >= 15 is 0 Å². The van der Waals surface area contributed by atoms with E-state index in [4.69, 9.17) is 5.73 Å². The third-order valence-electron chi connectivity index (χ3n) is 3.90. The summed E-state index contributed by atoms with van der Waals surface area (Å²) in [6, 6.07) is 4.18. The molecule has 1 aromatic carbocycles. The van der Waals surface area contributed by atoms with Crippen molar-refractivity contribution in [2.24, 2.45) is 11.7 Å². The first-order valence-electron chi connectivity index (χ1n) is 6.49. The van der Waals surface area contributed by atoms with E-state index in [1.165, 1.54) is 12.1 Å². The van der Waals surface area contributed by atoms with E-state index in [-0.39, 0.29) is 18.7 Å². The first-order valence-corrected chi connectivity index (χ1v) is 7.28. The van der Waals surface area contributed by atoms with Crippen molar-refractivity contribution in [2.75, 3.05) is 0 Å². The summed E-state index contributed by atoms with van der Waals surface area (Å²) in [4.78, 5) is 0. The van der Waals surface area contributed by atoms with Gasteiger partial charge in [0.25, 0.3) is 0 Å². The highest BCUT2D eigenvalue weighted by atomic mass is 79.9. The quantitative estimate of drug-likeness (QED) is 0.773. The SMILES string of the molecule is NC1(Cc2ccc(F)cc2Br)CCCC(C(F)(F)F)C1. The van der Waals surface area contributed by atoms with Crippen LogP contribution in [0, 0.1) is 11.7 Å². The zero-order valence-corrected chi connectivity index (χ0v) is 12.4. The minimum absolute atomic E-state index is 0.0691. The predicted molar refractivity (Wildman–Crippen MR) is 72.7 cm³/mol. The van der Waals surface area contributed by atoms with Gasteiger partial charge < -0.3 is 5.73 Å². The largest absolute Gasteiger partial charge is 0.391 e. The van der Waals surface area contributed by atoms with Crippen molar-refractivity contribution in [2.45, 2.75) is 43.8 Å². The van der Waals surface area contributed by atoms with Gasteiger partial charge in [0.05, 0.1) is 5.92 Å². The van der Waals surface area contributed by atoms with Crippen molar-refractivity contribution >= 4 is 15.9 Å². The Bertz CT molecular complexity index is 489. The molecule has 20 heavy (non-hydrogen) atoms. The van der Waals surface area contributed by atoms with E-state index in [1.54, 1.807) is 6.07 Å². The average Bonchev–Trinajstić information content (AvgIpc) is 2.32. The Morgan fingerprint density at radius 3 is 2.65 bits per heavy atom. The van der Waals surface area contributed by atoms with Crippen LogP contribution in [0.1, 0.15) is 31.2 Å². The molecule has 2 atom stereocenters. The second-order valence-electron chi connectivity index (χ2n) is 5.61. The average molecular weight is 354 g/mol. The summed E-state index contributed by atoms with van der Waals surface area (Å²) in [6.07, 6.45) is -2.76. The maximum Gasteiger partial charge on any atom is 0.391 e. The molecule has 1 aliphatic rings. The molecular weight excluding hydrogens is 338 g/mol. The number of rotatable bonds is 2. The van der Waals surface area contributed by atoms with Gasteiger partial charge in [0.1, 0.15) is 5.82 Å². The summed E-state index contributed by atoms with van der Waals surface area (Å²) in [6.45, 7) is 0. The summed E-state index contributed by atoms with van der Waals surface area (Å²) in [5, 5.41) is 0. The van der Waals surface area contributed by atoms with Crippen molar-refractivity contribution < 1.29 is 17.6 Å². The first kappa shape index (κ1) is 15.8. The number of alkyl halides is 3. The van der Waals surface area contributed by atoms with E-state index in [9.17, 15) is 17.6 Å². The zero-order valence-electron chi connectivity index (χ0n) is 10.8. The first-order chi connectivity index (χ1) is 9.20. The van der Waals surface area contributed by atoms with E-state index < -0.39 is 17.6 Å². The van der Waals surface area contributed by atoms with Crippen LogP contribution in [0.5, 0.6) is 0 Å². The normalized spacial score (nSPS) is 27.6. The molecule has 0 amide bonds. The molecule has 6 heteroatoms. The molecule has 1 fully saturated rings. The molecule has 1 aromatic rings. The fourth-order valence-corrected chi connectivity index (χ4v) is 3.37. The standard InChI is InChI=1S/C14H16BrF4N/c15-12-6-11(16)4-3-9(12)7-13(20)5-1-2-10(8-13)14(17,18)19/h3-4,6,10H,1-2,5,7-8,20H2. The van der Waals surface area contributed by atoms with E-state index in [1.807, 2.05) is 0 Å². The Morgan fingerprint density at radius 1 is 1.35 bits per heavy atom. The zero-order chi connectivity index (χ0) is 15.0. The number of hydrogen-bond acceptors (Lipinski definition) is 1.